The van der Waals surface area contributed by atoms with Gasteiger partial charge in [-0.05, 0) is 48.4 Å². The standard InChI is InChI=1S/C20H21FN2O5/c1-11(2)17(23-18(24)12-4-7-14(28-3)8-5-12)19(25)22-16-10-13(20(26)27)6-9-15(16)21/h4-11,17H,1-3H3,(H,22,25)(H,23,24)(H,26,27). The van der Waals surface area contributed by atoms with E-state index in [0.717, 1.165) is 18.2 Å². The molecule has 8 heteroatoms. The molecule has 7 nitrogen and oxygen atoms in total. The van der Waals surface area contributed by atoms with E-state index in [-0.39, 0.29) is 17.2 Å². The Labute approximate surface area is 161 Å². The second-order valence-electron chi connectivity index (χ2n) is 6.41. The van der Waals surface area contributed by atoms with Gasteiger partial charge in [0.15, 0.2) is 0 Å². The Balaban J connectivity index is 2.16. The SMILES string of the molecule is COc1ccc(C(=O)NC(C(=O)Nc2cc(C(=O)O)ccc2F)C(C)C)cc1. The van der Waals surface area contributed by atoms with Crippen molar-refractivity contribution in [3.63, 3.8) is 0 Å². The summed E-state index contributed by atoms with van der Waals surface area (Å²) in [5.74, 6) is -2.86. The maximum Gasteiger partial charge on any atom is 0.335 e. The summed E-state index contributed by atoms with van der Waals surface area (Å²) < 4.78 is 19.0. The molecule has 0 saturated carbocycles. The molecule has 0 heterocycles. The maximum atomic E-state index is 13.9. The van der Waals surface area contributed by atoms with Crippen LogP contribution in [-0.4, -0.2) is 36.0 Å². The number of amides is 2. The van der Waals surface area contributed by atoms with Gasteiger partial charge in [-0.1, -0.05) is 13.8 Å². The third-order valence-corrected chi connectivity index (χ3v) is 4.06. The van der Waals surface area contributed by atoms with Crippen molar-refractivity contribution in [1.29, 1.82) is 0 Å². The predicted octanol–water partition coefficient (Wildman–Crippen LogP) is 2.93. The molecule has 0 bridgehead atoms. The number of benzene rings is 2. The minimum Gasteiger partial charge on any atom is -0.497 e. The molecule has 2 aromatic carbocycles. The monoisotopic (exact) mass is 388 g/mol. The molecule has 148 valence electrons. The molecule has 0 aromatic heterocycles. The highest BCUT2D eigenvalue weighted by molar-refractivity contribution is 6.02. The van der Waals surface area contributed by atoms with E-state index >= 15 is 0 Å². The minimum atomic E-state index is -1.25. The van der Waals surface area contributed by atoms with Crippen molar-refractivity contribution >= 4 is 23.5 Å². The number of hydrogen-bond acceptors (Lipinski definition) is 4. The van der Waals surface area contributed by atoms with Gasteiger partial charge in [-0.3, -0.25) is 9.59 Å². The summed E-state index contributed by atoms with van der Waals surface area (Å²) in [5, 5.41) is 14.0. The molecule has 0 spiro atoms. The molecular weight excluding hydrogens is 367 g/mol. The summed E-state index contributed by atoms with van der Waals surface area (Å²) in [7, 11) is 1.51. The number of hydrogen-bond donors (Lipinski definition) is 3. The Morgan fingerprint density at radius 2 is 1.64 bits per heavy atom. The van der Waals surface area contributed by atoms with E-state index in [1.54, 1.807) is 38.1 Å². The third kappa shape index (κ3) is 5.06. The molecule has 0 aliphatic rings. The van der Waals surface area contributed by atoms with Crippen LogP contribution >= 0.6 is 0 Å². The molecule has 1 atom stereocenters. The van der Waals surface area contributed by atoms with Crippen LogP contribution in [0.4, 0.5) is 10.1 Å². The number of carboxylic acids is 1. The van der Waals surface area contributed by atoms with Crippen LogP contribution in [0.1, 0.15) is 34.6 Å². The van der Waals surface area contributed by atoms with Crippen molar-refractivity contribution in [3.05, 3.63) is 59.4 Å². The zero-order valence-corrected chi connectivity index (χ0v) is 15.7. The fourth-order valence-electron chi connectivity index (χ4n) is 2.47. The van der Waals surface area contributed by atoms with E-state index in [4.69, 9.17) is 9.84 Å². The van der Waals surface area contributed by atoms with Crippen molar-refractivity contribution in [2.75, 3.05) is 12.4 Å². The average Bonchev–Trinajstić information content (AvgIpc) is 2.67. The van der Waals surface area contributed by atoms with Crippen molar-refractivity contribution in [3.8, 4) is 5.75 Å². The van der Waals surface area contributed by atoms with Gasteiger partial charge in [-0.25, -0.2) is 9.18 Å². The number of carbonyl (C=O) groups is 3. The molecular formula is C20H21FN2O5. The highest BCUT2D eigenvalue weighted by Crippen LogP contribution is 2.18. The Bertz CT molecular complexity index is 881. The molecule has 0 aliphatic carbocycles. The largest absolute Gasteiger partial charge is 0.497 e. The molecule has 28 heavy (non-hydrogen) atoms. The second kappa shape index (κ2) is 8.98. The molecule has 3 N–H and O–H groups in total. The van der Waals surface area contributed by atoms with Crippen LogP contribution in [0.3, 0.4) is 0 Å². The summed E-state index contributed by atoms with van der Waals surface area (Å²) in [4.78, 5) is 36.1. The topological polar surface area (TPSA) is 105 Å². The van der Waals surface area contributed by atoms with Gasteiger partial charge in [0.2, 0.25) is 5.91 Å². The van der Waals surface area contributed by atoms with E-state index in [0.29, 0.717) is 11.3 Å². The lowest BCUT2D eigenvalue weighted by Crippen LogP contribution is -2.47. The van der Waals surface area contributed by atoms with Gasteiger partial charge in [-0.2, -0.15) is 0 Å². The molecule has 0 radical (unpaired) electrons. The fraction of sp³-hybridized carbons (Fsp3) is 0.250. The van der Waals surface area contributed by atoms with Crippen LogP contribution in [0.25, 0.3) is 0 Å². The first kappa shape index (κ1) is 20.9. The summed E-state index contributed by atoms with van der Waals surface area (Å²) in [5.41, 5.74) is -0.104. The summed E-state index contributed by atoms with van der Waals surface area (Å²) in [6.07, 6.45) is 0. The molecule has 0 fully saturated rings. The number of halogens is 1. The summed E-state index contributed by atoms with van der Waals surface area (Å²) in [6.45, 7) is 3.45. The molecule has 1 unspecified atom stereocenters. The fourth-order valence-corrected chi connectivity index (χ4v) is 2.47. The molecule has 2 amide bonds. The van der Waals surface area contributed by atoms with Crippen LogP contribution in [0.5, 0.6) is 5.75 Å². The smallest absolute Gasteiger partial charge is 0.335 e. The van der Waals surface area contributed by atoms with E-state index in [2.05, 4.69) is 10.6 Å². The van der Waals surface area contributed by atoms with Gasteiger partial charge >= 0.3 is 5.97 Å². The second-order valence-corrected chi connectivity index (χ2v) is 6.41. The number of nitrogens with one attached hydrogen (secondary N) is 2. The Morgan fingerprint density at radius 3 is 2.18 bits per heavy atom. The average molecular weight is 388 g/mol. The van der Waals surface area contributed by atoms with E-state index < -0.39 is 29.6 Å². The quantitative estimate of drug-likeness (QED) is 0.676. The Morgan fingerprint density at radius 1 is 1.04 bits per heavy atom. The molecule has 2 rings (SSSR count). The first-order valence-corrected chi connectivity index (χ1v) is 8.51. The molecule has 0 saturated heterocycles. The molecule has 2 aromatic rings. The lowest BCUT2D eigenvalue weighted by atomic mass is 10.0. The van der Waals surface area contributed by atoms with Gasteiger partial charge < -0.3 is 20.5 Å². The van der Waals surface area contributed by atoms with E-state index in [1.165, 1.54) is 7.11 Å². The van der Waals surface area contributed by atoms with Gasteiger partial charge in [0.1, 0.15) is 17.6 Å². The molecule has 0 aliphatic heterocycles. The third-order valence-electron chi connectivity index (χ3n) is 4.06. The number of carbonyl (C=O) groups excluding carboxylic acids is 2. The van der Waals surface area contributed by atoms with Crippen LogP contribution in [0.2, 0.25) is 0 Å². The van der Waals surface area contributed by atoms with Crippen LogP contribution < -0.4 is 15.4 Å². The summed E-state index contributed by atoms with van der Waals surface area (Å²) >= 11 is 0. The van der Waals surface area contributed by atoms with Crippen molar-refractivity contribution in [2.24, 2.45) is 5.92 Å². The number of carboxylic acid groups (broad SMARTS) is 1. The van der Waals surface area contributed by atoms with Crippen molar-refractivity contribution in [1.82, 2.24) is 5.32 Å². The highest BCUT2D eigenvalue weighted by Gasteiger charge is 2.25. The van der Waals surface area contributed by atoms with Crippen molar-refractivity contribution in [2.45, 2.75) is 19.9 Å². The van der Waals surface area contributed by atoms with Crippen molar-refractivity contribution < 1.29 is 28.6 Å². The number of anilines is 1. The van der Waals surface area contributed by atoms with E-state index in [1.807, 2.05) is 0 Å². The van der Waals surface area contributed by atoms with E-state index in [9.17, 15) is 18.8 Å². The Kier molecular flexibility index (Phi) is 6.70. The van der Waals surface area contributed by atoms with Gasteiger partial charge in [0.25, 0.3) is 5.91 Å². The maximum absolute atomic E-state index is 13.9. The number of methoxy groups -OCH3 is 1. The van der Waals surface area contributed by atoms with Gasteiger partial charge in [0.05, 0.1) is 18.4 Å². The predicted molar refractivity (Wildman–Crippen MR) is 101 cm³/mol. The first-order valence-electron chi connectivity index (χ1n) is 8.51. The van der Waals surface area contributed by atoms with Crippen LogP contribution in [-0.2, 0) is 4.79 Å². The van der Waals surface area contributed by atoms with Gasteiger partial charge in [-0.15, -0.1) is 0 Å². The first-order chi connectivity index (χ1) is 13.2. The zero-order chi connectivity index (χ0) is 20.8. The lowest BCUT2D eigenvalue weighted by molar-refractivity contribution is -0.118. The lowest BCUT2D eigenvalue weighted by Gasteiger charge is -2.22. The number of ether oxygens (including phenoxy) is 1. The summed E-state index contributed by atoms with van der Waals surface area (Å²) in [6, 6.07) is 8.47. The highest BCUT2D eigenvalue weighted by atomic mass is 19.1. The number of rotatable bonds is 7. The van der Waals surface area contributed by atoms with Crippen LogP contribution in [0.15, 0.2) is 42.5 Å². The minimum absolute atomic E-state index is 0.167. The van der Waals surface area contributed by atoms with Gasteiger partial charge in [0, 0.05) is 5.56 Å². The zero-order valence-electron chi connectivity index (χ0n) is 15.7. The van der Waals surface area contributed by atoms with Crippen LogP contribution in [0, 0.1) is 11.7 Å². The normalized spacial score (nSPS) is 11.6. The number of aromatic carboxylic acids is 1. The Hall–Kier alpha value is -3.42.